The van der Waals surface area contributed by atoms with Gasteiger partial charge in [0.2, 0.25) is 5.91 Å². The molecule has 3 aromatic carbocycles. The predicted octanol–water partition coefficient (Wildman–Crippen LogP) is 4.07. The molecule has 0 aliphatic heterocycles. The van der Waals surface area contributed by atoms with Crippen molar-refractivity contribution in [3.05, 3.63) is 71.5 Å². The largest absolute Gasteiger partial charge is 0.319 e. The third kappa shape index (κ3) is 4.02. The van der Waals surface area contributed by atoms with Crippen LogP contribution in [-0.4, -0.2) is 24.6 Å². The maximum absolute atomic E-state index is 12.4. The topological polar surface area (TPSA) is 68.5 Å². The van der Waals surface area contributed by atoms with E-state index < -0.39 is 9.84 Å². The first-order chi connectivity index (χ1) is 14.0. The Balaban J connectivity index is 1.54. The fourth-order valence-corrected chi connectivity index (χ4v) is 5.73. The van der Waals surface area contributed by atoms with Crippen molar-refractivity contribution in [2.24, 2.45) is 12.0 Å². The summed E-state index contributed by atoms with van der Waals surface area (Å²) in [5.74, 6) is -0.374. The van der Waals surface area contributed by atoms with Crippen LogP contribution >= 0.6 is 11.3 Å². The van der Waals surface area contributed by atoms with Crippen LogP contribution in [0.1, 0.15) is 12.8 Å². The molecule has 4 rings (SSSR count). The molecular weight excluding hydrogens is 404 g/mol. The molecule has 0 saturated carbocycles. The molecule has 7 heteroatoms. The minimum atomic E-state index is -3.38. The maximum Gasteiger partial charge on any atom is 0.248 e. The number of sulfone groups is 1. The van der Waals surface area contributed by atoms with Crippen LogP contribution in [0.3, 0.4) is 0 Å². The third-order valence-corrected chi connectivity index (χ3v) is 7.73. The number of rotatable bonds is 5. The Bertz CT molecular complexity index is 1370. The Hall–Kier alpha value is -2.77. The molecule has 5 nitrogen and oxygen atoms in total. The Kier molecular flexibility index (Phi) is 5.34. The van der Waals surface area contributed by atoms with Crippen LogP contribution in [0.25, 0.3) is 21.0 Å². The van der Waals surface area contributed by atoms with Crippen molar-refractivity contribution in [3.8, 4) is 0 Å². The van der Waals surface area contributed by atoms with Crippen LogP contribution in [0.15, 0.2) is 76.6 Å². The van der Waals surface area contributed by atoms with Gasteiger partial charge in [0.15, 0.2) is 14.6 Å². The third-order valence-electron chi connectivity index (χ3n) is 4.81. The molecule has 1 heterocycles. The summed E-state index contributed by atoms with van der Waals surface area (Å²) in [4.78, 5) is 17.5. The summed E-state index contributed by atoms with van der Waals surface area (Å²) in [6.07, 6.45) is 0.345. The number of amides is 1. The highest BCUT2D eigenvalue weighted by Crippen LogP contribution is 2.26. The Morgan fingerprint density at radius 2 is 1.72 bits per heavy atom. The molecule has 1 aromatic heterocycles. The van der Waals surface area contributed by atoms with Crippen LogP contribution in [0, 0.1) is 0 Å². The molecule has 0 radical (unpaired) electrons. The van der Waals surface area contributed by atoms with Crippen molar-refractivity contribution >= 4 is 48.1 Å². The molecular formula is C22H20N2O3S2. The van der Waals surface area contributed by atoms with Gasteiger partial charge in [-0.3, -0.25) is 4.79 Å². The van der Waals surface area contributed by atoms with Crippen molar-refractivity contribution in [2.45, 2.75) is 17.7 Å². The van der Waals surface area contributed by atoms with Gasteiger partial charge in [-0.1, -0.05) is 59.9 Å². The lowest BCUT2D eigenvalue weighted by Crippen LogP contribution is -2.14. The molecule has 0 aliphatic carbocycles. The van der Waals surface area contributed by atoms with Gasteiger partial charge in [0.05, 0.1) is 20.9 Å². The minimum absolute atomic E-state index is 0.0680. The number of carbonyl (C=O) groups is 1. The molecule has 1 amide bonds. The zero-order chi connectivity index (χ0) is 20.4. The molecule has 0 N–H and O–H groups in total. The van der Waals surface area contributed by atoms with E-state index in [9.17, 15) is 13.2 Å². The molecule has 0 aliphatic rings. The van der Waals surface area contributed by atoms with Gasteiger partial charge in [-0.15, -0.1) is 0 Å². The van der Waals surface area contributed by atoms with Gasteiger partial charge in [-0.2, -0.15) is 4.99 Å². The quantitative estimate of drug-likeness (QED) is 0.485. The SMILES string of the molecule is Cn1c(=NC(=O)CCCS(=O)(=O)c2ccccc2)sc2ccc3ccccc3c21. The van der Waals surface area contributed by atoms with Crippen molar-refractivity contribution < 1.29 is 13.2 Å². The second-order valence-corrected chi connectivity index (χ2v) is 9.94. The smallest absolute Gasteiger partial charge is 0.248 e. The molecule has 0 fully saturated rings. The summed E-state index contributed by atoms with van der Waals surface area (Å²) in [5.41, 5.74) is 1.05. The van der Waals surface area contributed by atoms with Crippen LogP contribution in [0.5, 0.6) is 0 Å². The standard InChI is InChI=1S/C22H20N2O3S2/c1-24-21-18-11-6-5-8-16(18)13-14-19(21)28-22(24)23-20(25)12-7-15-29(26,27)17-9-3-2-4-10-17/h2-6,8-11,13-14H,7,12,15H2,1H3. The Morgan fingerprint density at radius 1 is 1.00 bits per heavy atom. The Labute approximate surface area is 172 Å². The Morgan fingerprint density at radius 3 is 2.52 bits per heavy atom. The second kappa shape index (κ2) is 7.93. The van der Waals surface area contributed by atoms with E-state index in [0.717, 1.165) is 21.0 Å². The van der Waals surface area contributed by atoms with Crippen LogP contribution in [0.4, 0.5) is 0 Å². The highest BCUT2D eigenvalue weighted by Gasteiger charge is 2.14. The monoisotopic (exact) mass is 424 g/mol. The average molecular weight is 425 g/mol. The van der Waals surface area contributed by atoms with Crippen molar-refractivity contribution in [1.82, 2.24) is 4.57 Å². The number of fused-ring (bicyclic) bond motifs is 3. The lowest BCUT2D eigenvalue weighted by molar-refractivity contribution is -0.118. The fraction of sp³-hybridized carbons (Fsp3) is 0.182. The molecule has 0 bridgehead atoms. The fourth-order valence-electron chi connectivity index (χ4n) is 3.35. The summed E-state index contributed by atoms with van der Waals surface area (Å²) in [6, 6.07) is 20.5. The van der Waals surface area contributed by atoms with Gasteiger partial charge in [0, 0.05) is 18.9 Å². The molecule has 0 unspecified atom stereocenters. The molecule has 29 heavy (non-hydrogen) atoms. The van der Waals surface area contributed by atoms with Gasteiger partial charge in [-0.05, 0) is 30.0 Å². The number of benzene rings is 3. The van der Waals surface area contributed by atoms with Crippen LogP contribution < -0.4 is 4.80 Å². The van der Waals surface area contributed by atoms with E-state index in [1.807, 2.05) is 29.8 Å². The summed E-state index contributed by atoms with van der Waals surface area (Å²) in [6.45, 7) is 0. The summed E-state index contributed by atoms with van der Waals surface area (Å²) >= 11 is 1.46. The van der Waals surface area contributed by atoms with Gasteiger partial charge < -0.3 is 4.57 Å². The minimum Gasteiger partial charge on any atom is -0.319 e. The molecule has 148 valence electrons. The first-order valence-electron chi connectivity index (χ1n) is 9.28. The van der Waals surface area contributed by atoms with Gasteiger partial charge in [0.1, 0.15) is 0 Å². The van der Waals surface area contributed by atoms with E-state index in [4.69, 9.17) is 0 Å². The van der Waals surface area contributed by atoms with Gasteiger partial charge in [-0.25, -0.2) is 8.42 Å². The number of carbonyl (C=O) groups excluding carboxylic acids is 1. The van der Waals surface area contributed by atoms with E-state index >= 15 is 0 Å². The van der Waals surface area contributed by atoms with Crippen molar-refractivity contribution in [1.29, 1.82) is 0 Å². The molecule has 0 saturated heterocycles. The number of aromatic nitrogens is 1. The summed E-state index contributed by atoms with van der Waals surface area (Å²) in [7, 11) is -1.48. The molecule has 4 aromatic rings. The number of thiazole rings is 1. The normalized spacial score (nSPS) is 12.7. The summed E-state index contributed by atoms with van der Waals surface area (Å²) < 4.78 is 27.6. The second-order valence-electron chi connectivity index (χ2n) is 6.82. The van der Waals surface area contributed by atoms with E-state index in [1.54, 1.807) is 30.3 Å². The average Bonchev–Trinajstić information content (AvgIpc) is 3.04. The van der Waals surface area contributed by atoms with Crippen molar-refractivity contribution in [2.75, 3.05) is 5.75 Å². The predicted molar refractivity (Wildman–Crippen MR) is 117 cm³/mol. The van der Waals surface area contributed by atoms with Crippen LogP contribution in [0.2, 0.25) is 0 Å². The van der Waals surface area contributed by atoms with Gasteiger partial charge >= 0.3 is 0 Å². The number of aryl methyl sites for hydroxylation is 1. The number of nitrogens with zero attached hydrogens (tertiary/aromatic N) is 2. The molecule has 0 atom stereocenters. The van der Waals surface area contributed by atoms with E-state index in [-0.39, 0.29) is 29.4 Å². The highest BCUT2D eigenvalue weighted by molar-refractivity contribution is 7.91. The van der Waals surface area contributed by atoms with E-state index in [2.05, 4.69) is 23.2 Å². The van der Waals surface area contributed by atoms with Crippen molar-refractivity contribution in [3.63, 3.8) is 0 Å². The van der Waals surface area contributed by atoms with Gasteiger partial charge in [0.25, 0.3) is 0 Å². The number of hydrogen-bond acceptors (Lipinski definition) is 4. The first kappa shape index (κ1) is 19.5. The zero-order valence-corrected chi connectivity index (χ0v) is 17.5. The van der Waals surface area contributed by atoms with Crippen LogP contribution in [-0.2, 0) is 21.7 Å². The summed E-state index contributed by atoms with van der Waals surface area (Å²) in [5, 5.41) is 2.25. The van der Waals surface area contributed by atoms with E-state index in [0.29, 0.717) is 4.80 Å². The highest BCUT2D eigenvalue weighted by atomic mass is 32.2. The van der Waals surface area contributed by atoms with E-state index in [1.165, 1.54) is 11.3 Å². The number of hydrogen-bond donors (Lipinski definition) is 0. The molecule has 0 spiro atoms. The first-order valence-corrected chi connectivity index (χ1v) is 11.8. The lowest BCUT2D eigenvalue weighted by atomic mass is 10.1. The zero-order valence-electron chi connectivity index (χ0n) is 15.9. The lowest BCUT2D eigenvalue weighted by Gasteiger charge is -2.03. The maximum atomic E-state index is 12.4.